The van der Waals surface area contributed by atoms with Gasteiger partial charge in [-0.1, -0.05) is 80.4 Å². The van der Waals surface area contributed by atoms with Crippen LogP contribution in [0.5, 0.6) is 0 Å². The largest absolute Gasteiger partial charge is 0.354 e. The molecule has 208 valence electrons. The lowest BCUT2D eigenvalue weighted by Gasteiger charge is -2.33. The lowest BCUT2D eigenvalue weighted by atomic mass is 10.1. The number of sulfonamides is 1. The van der Waals surface area contributed by atoms with Crippen LogP contribution in [0.2, 0.25) is 10.0 Å². The monoisotopic (exact) mass is 589 g/mol. The first-order valence-electron chi connectivity index (χ1n) is 12.7. The van der Waals surface area contributed by atoms with Crippen LogP contribution in [0.4, 0.5) is 5.69 Å². The first kappa shape index (κ1) is 30.5. The van der Waals surface area contributed by atoms with Crippen LogP contribution in [0, 0.1) is 5.92 Å². The van der Waals surface area contributed by atoms with Gasteiger partial charge in [0, 0.05) is 23.1 Å². The summed E-state index contributed by atoms with van der Waals surface area (Å²) in [5.74, 6) is -0.583. The predicted octanol–water partition coefficient (Wildman–Crippen LogP) is 5.77. The van der Waals surface area contributed by atoms with Crippen molar-refractivity contribution < 1.29 is 18.0 Å². The number of amides is 2. The molecule has 0 aromatic heterocycles. The van der Waals surface area contributed by atoms with E-state index < -0.39 is 28.5 Å². The number of anilines is 1. The van der Waals surface area contributed by atoms with Crippen molar-refractivity contribution in [2.24, 2.45) is 5.92 Å². The van der Waals surface area contributed by atoms with Gasteiger partial charge in [0.25, 0.3) is 10.0 Å². The standard InChI is InChI=1S/C29H33Cl2N3O4S/c1-4-27(29(36)32-18-21(2)3)33(19-22-9-6-5-7-10-22)28(35)20-34(25-12-8-11-24(31)17-25)39(37,38)26-15-13-23(30)14-16-26/h5-17,21,27H,4,18-20H2,1-3H3,(H,32,36). The topological polar surface area (TPSA) is 86.8 Å². The maximum atomic E-state index is 14.0. The van der Waals surface area contributed by atoms with Crippen molar-refractivity contribution in [3.8, 4) is 0 Å². The first-order chi connectivity index (χ1) is 18.5. The lowest BCUT2D eigenvalue weighted by Crippen LogP contribution is -2.52. The Balaban J connectivity index is 2.03. The summed E-state index contributed by atoms with van der Waals surface area (Å²) in [6, 6.07) is 20.5. The molecular weight excluding hydrogens is 557 g/mol. The number of nitrogens with one attached hydrogen (secondary N) is 1. The second-order valence-electron chi connectivity index (χ2n) is 9.52. The second-order valence-corrected chi connectivity index (χ2v) is 12.3. The average molecular weight is 591 g/mol. The molecule has 1 N–H and O–H groups in total. The molecule has 0 fully saturated rings. The zero-order valence-electron chi connectivity index (χ0n) is 22.2. The maximum absolute atomic E-state index is 14.0. The van der Waals surface area contributed by atoms with Crippen molar-refractivity contribution in [1.82, 2.24) is 10.2 Å². The summed E-state index contributed by atoms with van der Waals surface area (Å²) in [6.07, 6.45) is 0.351. The second kappa shape index (κ2) is 13.8. The SMILES string of the molecule is CCC(C(=O)NCC(C)C)N(Cc1ccccc1)C(=O)CN(c1cccc(Cl)c1)S(=O)(=O)c1ccc(Cl)cc1. The van der Waals surface area contributed by atoms with Crippen LogP contribution in [0.25, 0.3) is 0 Å². The maximum Gasteiger partial charge on any atom is 0.264 e. The molecule has 3 aromatic rings. The third-order valence-corrected chi connectivity index (χ3v) is 8.32. The Labute approximate surface area is 240 Å². The van der Waals surface area contributed by atoms with E-state index in [1.165, 1.54) is 35.2 Å². The number of carbonyl (C=O) groups is 2. The van der Waals surface area contributed by atoms with Crippen LogP contribution in [0.1, 0.15) is 32.8 Å². The number of rotatable bonds is 12. The molecule has 1 atom stereocenters. The summed E-state index contributed by atoms with van der Waals surface area (Å²) >= 11 is 12.2. The molecule has 7 nitrogen and oxygen atoms in total. The highest BCUT2D eigenvalue weighted by molar-refractivity contribution is 7.92. The summed E-state index contributed by atoms with van der Waals surface area (Å²) in [5, 5.41) is 3.61. The Bertz CT molecular complexity index is 1370. The van der Waals surface area contributed by atoms with Gasteiger partial charge in [-0.15, -0.1) is 0 Å². The zero-order chi connectivity index (χ0) is 28.6. The fourth-order valence-corrected chi connectivity index (χ4v) is 5.73. The molecule has 2 amide bonds. The van der Waals surface area contributed by atoms with Gasteiger partial charge in [0.15, 0.2) is 0 Å². The van der Waals surface area contributed by atoms with Crippen LogP contribution in [-0.4, -0.2) is 44.3 Å². The highest BCUT2D eigenvalue weighted by Crippen LogP contribution is 2.27. The van der Waals surface area contributed by atoms with Gasteiger partial charge in [0.1, 0.15) is 12.6 Å². The molecule has 0 saturated heterocycles. The van der Waals surface area contributed by atoms with Crippen molar-refractivity contribution in [3.63, 3.8) is 0 Å². The Morgan fingerprint density at radius 1 is 0.897 bits per heavy atom. The molecule has 3 aromatic carbocycles. The van der Waals surface area contributed by atoms with E-state index >= 15 is 0 Å². The minimum absolute atomic E-state index is 0.0315. The van der Waals surface area contributed by atoms with Crippen LogP contribution >= 0.6 is 23.2 Å². The van der Waals surface area contributed by atoms with Gasteiger partial charge in [0.2, 0.25) is 11.8 Å². The molecular formula is C29H33Cl2N3O4S. The Morgan fingerprint density at radius 3 is 2.15 bits per heavy atom. The molecule has 0 aliphatic heterocycles. The molecule has 0 saturated carbocycles. The first-order valence-corrected chi connectivity index (χ1v) is 14.9. The summed E-state index contributed by atoms with van der Waals surface area (Å²) in [7, 11) is -4.20. The Morgan fingerprint density at radius 2 is 1.56 bits per heavy atom. The van der Waals surface area contributed by atoms with Crippen molar-refractivity contribution >= 4 is 50.7 Å². The van der Waals surface area contributed by atoms with Gasteiger partial charge < -0.3 is 10.2 Å². The molecule has 0 heterocycles. The van der Waals surface area contributed by atoms with E-state index in [0.717, 1.165) is 9.87 Å². The number of hydrogen-bond donors (Lipinski definition) is 1. The molecule has 10 heteroatoms. The van der Waals surface area contributed by atoms with E-state index in [9.17, 15) is 18.0 Å². The summed E-state index contributed by atoms with van der Waals surface area (Å²) in [6.45, 7) is 5.85. The summed E-state index contributed by atoms with van der Waals surface area (Å²) < 4.78 is 28.6. The minimum Gasteiger partial charge on any atom is -0.354 e. The van der Waals surface area contributed by atoms with E-state index in [1.54, 1.807) is 18.2 Å². The number of nitrogens with zero attached hydrogens (tertiary/aromatic N) is 2. The third-order valence-electron chi connectivity index (χ3n) is 6.04. The average Bonchev–Trinajstić information content (AvgIpc) is 2.91. The summed E-state index contributed by atoms with van der Waals surface area (Å²) in [4.78, 5) is 28.6. The van der Waals surface area contributed by atoms with E-state index in [1.807, 2.05) is 51.1 Å². The predicted molar refractivity (Wildman–Crippen MR) is 156 cm³/mol. The minimum atomic E-state index is -4.20. The molecule has 0 aliphatic rings. The zero-order valence-corrected chi connectivity index (χ0v) is 24.5. The van der Waals surface area contributed by atoms with Crippen molar-refractivity contribution in [2.45, 2.75) is 44.7 Å². The van der Waals surface area contributed by atoms with Gasteiger partial charge in [0.05, 0.1) is 10.6 Å². The molecule has 39 heavy (non-hydrogen) atoms. The normalized spacial score (nSPS) is 12.2. The van der Waals surface area contributed by atoms with Gasteiger partial charge in [-0.05, 0) is 60.4 Å². The summed E-state index contributed by atoms with van der Waals surface area (Å²) in [5.41, 5.74) is 1.04. The molecule has 3 rings (SSSR count). The van der Waals surface area contributed by atoms with Crippen LogP contribution in [0.15, 0.2) is 83.8 Å². The van der Waals surface area contributed by atoms with Crippen LogP contribution < -0.4 is 9.62 Å². The highest BCUT2D eigenvalue weighted by atomic mass is 35.5. The number of halogens is 2. The van der Waals surface area contributed by atoms with Gasteiger partial charge in [-0.25, -0.2) is 8.42 Å². The molecule has 0 radical (unpaired) electrons. The Kier molecular flexibility index (Phi) is 10.8. The fourth-order valence-electron chi connectivity index (χ4n) is 4.02. The Hall–Kier alpha value is -3.07. The quantitative estimate of drug-likeness (QED) is 0.290. The number of hydrogen-bond acceptors (Lipinski definition) is 4. The smallest absolute Gasteiger partial charge is 0.264 e. The number of carbonyl (C=O) groups excluding carboxylic acids is 2. The van der Waals surface area contributed by atoms with E-state index in [-0.39, 0.29) is 29.0 Å². The molecule has 0 aliphatic carbocycles. The van der Waals surface area contributed by atoms with Gasteiger partial charge >= 0.3 is 0 Å². The van der Waals surface area contributed by atoms with Crippen LogP contribution in [0.3, 0.4) is 0 Å². The van der Waals surface area contributed by atoms with E-state index in [2.05, 4.69) is 5.32 Å². The number of benzene rings is 3. The van der Waals surface area contributed by atoms with Gasteiger partial charge in [-0.3, -0.25) is 13.9 Å². The van der Waals surface area contributed by atoms with Crippen molar-refractivity contribution in [1.29, 1.82) is 0 Å². The molecule has 0 spiro atoms. The van der Waals surface area contributed by atoms with Crippen molar-refractivity contribution in [2.75, 3.05) is 17.4 Å². The lowest BCUT2D eigenvalue weighted by molar-refractivity contribution is -0.140. The molecule has 1 unspecified atom stereocenters. The third kappa shape index (κ3) is 8.21. The fraction of sp³-hybridized carbons (Fsp3) is 0.310. The molecule has 0 bridgehead atoms. The van der Waals surface area contributed by atoms with E-state index in [4.69, 9.17) is 23.2 Å². The highest BCUT2D eigenvalue weighted by Gasteiger charge is 2.33. The van der Waals surface area contributed by atoms with Crippen LogP contribution in [-0.2, 0) is 26.2 Å². The van der Waals surface area contributed by atoms with Gasteiger partial charge in [-0.2, -0.15) is 0 Å². The van der Waals surface area contributed by atoms with E-state index in [0.29, 0.717) is 23.0 Å². The van der Waals surface area contributed by atoms with Crippen molar-refractivity contribution in [3.05, 3.63) is 94.5 Å².